The fraction of sp³-hybridized carbons (Fsp3) is 0.833. The first-order chi connectivity index (χ1) is 6.43. The average Bonchev–Trinajstić information content (AvgIpc) is 2.19. The average molecular weight is 196 g/mol. The maximum Gasteiger partial charge on any atom is 0.125 e. The minimum absolute atomic E-state index is 0.129. The Bertz CT molecular complexity index is 222. The van der Waals surface area contributed by atoms with Gasteiger partial charge in [-0.2, -0.15) is 0 Å². The van der Waals surface area contributed by atoms with Gasteiger partial charge in [-0.1, -0.05) is 20.8 Å². The van der Waals surface area contributed by atoms with Crippen LogP contribution in [0.5, 0.6) is 0 Å². The minimum Gasteiger partial charge on any atom is -0.303 e. The Balaban J connectivity index is 2.59. The van der Waals surface area contributed by atoms with Gasteiger partial charge >= 0.3 is 0 Å². The summed E-state index contributed by atoms with van der Waals surface area (Å²) < 4.78 is 0. The first-order valence-corrected chi connectivity index (χ1v) is 5.36. The lowest BCUT2D eigenvalue weighted by Gasteiger charge is -2.38. The highest BCUT2D eigenvalue weighted by atomic mass is 16.1. The molecular formula is C12H20O2. The molecule has 0 aliphatic heterocycles. The predicted octanol–water partition coefficient (Wildman–Crippen LogP) is 2.61. The summed E-state index contributed by atoms with van der Waals surface area (Å²) in [7, 11) is 0. The summed E-state index contributed by atoms with van der Waals surface area (Å²) in [5.74, 6) is 0.452. The molecule has 1 rings (SSSR count). The van der Waals surface area contributed by atoms with E-state index in [9.17, 15) is 9.59 Å². The van der Waals surface area contributed by atoms with Gasteiger partial charge in [0, 0.05) is 10.8 Å². The number of aldehydes is 2. The third kappa shape index (κ3) is 2.23. The topological polar surface area (TPSA) is 34.1 Å². The van der Waals surface area contributed by atoms with Crippen molar-refractivity contribution in [2.24, 2.45) is 16.7 Å². The molecule has 0 heterocycles. The molecule has 0 unspecified atom stereocenters. The van der Waals surface area contributed by atoms with Crippen molar-refractivity contribution >= 4 is 12.6 Å². The van der Waals surface area contributed by atoms with Crippen molar-refractivity contribution in [3.05, 3.63) is 0 Å². The van der Waals surface area contributed by atoms with Gasteiger partial charge in [-0.15, -0.1) is 0 Å². The number of hydrogen-bond acceptors (Lipinski definition) is 2. The van der Waals surface area contributed by atoms with E-state index in [1.54, 1.807) is 0 Å². The summed E-state index contributed by atoms with van der Waals surface area (Å²) in [6.45, 7) is 6.01. The molecular weight excluding hydrogens is 176 g/mol. The molecule has 2 heteroatoms. The molecule has 2 nitrogen and oxygen atoms in total. The maximum atomic E-state index is 10.9. The van der Waals surface area contributed by atoms with Crippen molar-refractivity contribution in [1.29, 1.82) is 0 Å². The summed E-state index contributed by atoms with van der Waals surface area (Å²) in [5, 5.41) is 0. The van der Waals surface area contributed by atoms with Crippen molar-refractivity contribution in [1.82, 2.24) is 0 Å². The van der Waals surface area contributed by atoms with E-state index in [-0.39, 0.29) is 10.8 Å². The van der Waals surface area contributed by atoms with Gasteiger partial charge in [0.05, 0.1) is 0 Å². The zero-order chi connectivity index (χ0) is 10.8. The molecule has 1 fully saturated rings. The zero-order valence-corrected chi connectivity index (χ0v) is 9.38. The Morgan fingerprint density at radius 1 is 1.21 bits per heavy atom. The Hall–Kier alpha value is -0.660. The summed E-state index contributed by atoms with van der Waals surface area (Å²) in [5.41, 5.74) is -0.348. The second kappa shape index (κ2) is 3.84. The summed E-state index contributed by atoms with van der Waals surface area (Å²) in [4.78, 5) is 21.7. The van der Waals surface area contributed by atoms with E-state index >= 15 is 0 Å². The van der Waals surface area contributed by atoms with Gasteiger partial charge < -0.3 is 9.59 Å². The van der Waals surface area contributed by atoms with Crippen LogP contribution in [-0.2, 0) is 9.59 Å². The highest BCUT2D eigenvalue weighted by Crippen LogP contribution is 2.43. The van der Waals surface area contributed by atoms with E-state index in [1.807, 2.05) is 20.8 Å². The summed E-state index contributed by atoms with van der Waals surface area (Å²) >= 11 is 0. The molecule has 0 aromatic rings. The van der Waals surface area contributed by atoms with Crippen LogP contribution in [0.25, 0.3) is 0 Å². The first kappa shape index (κ1) is 11.4. The molecule has 0 amide bonds. The van der Waals surface area contributed by atoms with Crippen LogP contribution >= 0.6 is 0 Å². The Labute approximate surface area is 86.1 Å². The fourth-order valence-corrected chi connectivity index (χ4v) is 2.24. The van der Waals surface area contributed by atoms with Gasteiger partial charge in [0.25, 0.3) is 0 Å². The van der Waals surface area contributed by atoms with Gasteiger partial charge in [-0.05, 0) is 31.6 Å². The Morgan fingerprint density at radius 3 is 2.07 bits per heavy atom. The summed E-state index contributed by atoms with van der Waals surface area (Å²) in [6, 6.07) is 0. The van der Waals surface area contributed by atoms with E-state index < -0.39 is 0 Å². The lowest BCUT2D eigenvalue weighted by Crippen LogP contribution is -2.33. The molecule has 14 heavy (non-hydrogen) atoms. The van der Waals surface area contributed by atoms with Gasteiger partial charge in [0.1, 0.15) is 12.6 Å². The lowest BCUT2D eigenvalue weighted by molar-refractivity contribution is -0.120. The molecule has 0 radical (unpaired) electrons. The van der Waals surface area contributed by atoms with Crippen LogP contribution in [0.2, 0.25) is 0 Å². The fourth-order valence-electron chi connectivity index (χ4n) is 2.24. The monoisotopic (exact) mass is 196 g/mol. The van der Waals surface area contributed by atoms with Crippen LogP contribution in [0, 0.1) is 16.7 Å². The van der Waals surface area contributed by atoms with Crippen LogP contribution in [0.4, 0.5) is 0 Å². The van der Waals surface area contributed by atoms with Crippen LogP contribution in [0.3, 0.4) is 0 Å². The molecule has 0 N–H and O–H groups in total. The molecule has 0 aromatic carbocycles. The van der Waals surface area contributed by atoms with Crippen LogP contribution in [0.1, 0.15) is 46.5 Å². The van der Waals surface area contributed by atoms with Crippen molar-refractivity contribution in [2.45, 2.75) is 46.5 Å². The highest BCUT2D eigenvalue weighted by Gasteiger charge is 2.37. The molecule has 1 aliphatic carbocycles. The normalized spacial score (nSPS) is 33.8. The minimum atomic E-state index is -0.218. The number of hydrogen-bond donors (Lipinski definition) is 0. The van der Waals surface area contributed by atoms with Gasteiger partial charge in [0.15, 0.2) is 0 Å². The number of carbonyl (C=O) groups is 2. The SMILES string of the molecule is CC1(C=O)CCC(C(C)(C)C=O)CC1. The number of rotatable bonds is 3. The van der Waals surface area contributed by atoms with Crippen LogP contribution < -0.4 is 0 Å². The van der Waals surface area contributed by atoms with Crippen molar-refractivity contribution in [3.8, 4) is 0 Å². The molecule has 1 saturated carbocycles. The van der Waals surface area contributed by atoms with E-state index in [0.717, 1.165) is 38.3 Å². The Kier molecular flexibility index (Phi) is 3.13. The second-order valence-electron chi connectivity index (χ2n) is 5.49. The van der Waals surface area contributed by atoms with E-state index in [2.05, 4.69) is 0 Å². The Morgan fingerprint density at radius 2 is 1.71 bits per heavy atom. The van der Waals surface area contributed by atoms with Crippen molar-refractivity contribution < 1.29 is 9.59 Å². The number of carbonyl (C=O) groups excluding carboxylic acids is 2. The van der Waals surface area contributed by atoms with E-state index in [1.165, 1.54) is 0 Å². The quantitative estimate of drug-likeness (QED) is 0.650. The van der Waals surface area contributed by atoms with Gasteiger partial charge in [-0.25, -0.2) is 0 Å². The molecule has 0 aromatic heterocycles. The second-order valence-corrected chi connectivity index (χ2v) is 5.49. The molecule has 0 spiro atoms. The molecule has 80 valence electrons. The summed E-state index contributed by atoms with van der Waals surface area (Å²) in [6.07, 6.45) is 6.00. The third-order valence-corrected chi connectivity index (χ3v) is 3.77. The van der Waals surface area contributed by atoms with Crippen molar-refractivity contribution in [2.75, 3.05) is 0 Å². The van der Waals surface area contributed by atoms with Crippen molar-refractivity contribution in [3.63, 3.8) is 0 Å². The molecule has 1 aliphatic rings. The third-order valence-electron chi connectivity index (χ3n) is 3.77. The van der Waals surface area contributed by atoms with Gasteiger partial charge in [-0.3, -0.25) is 0 Å². The maximum absolute atomic E-state index is 10.9. The van der Waals surface area contributed by atoms with E-state index in [0.29, 0.717) is 5.92 Å². The van der Waals surface area contributed by atoms with E-state index in [4.69, 9.17) is 0 Å². The van der Waals surface area contributed by atoms with Gasteiger partial charge in [0.2, 0.25) is 0 Å². The molecule has 0 saturated heterocycles. The zero-order valence-electron chi connectivity index (χ0n) is 9.38. The predicted molar refractivity (Wildman–Crippen MR) is 56.0 cm³/mol. The lowest BCUT2D eigenvalue weighted by atomic mass is 9.65. The smallest absolute Gasteiger partial charge is 0.125 e. The first-order valence-electron chi connectivity index (χ1n) is 5.36. The van der Waals surface area contributed by atoms with Crippen LogP contribution in [0.15, 0.2) is 0 Å². The molecule has 0 bridgehead atoms. The van der Waals surface area contributed by atoms with Crippen LogP contribution in [-0.4, -0.2) is 12.6 Å². The molecule has 0 atom stereocenters. The largest absolute Gasteiger partial charge is 0.303 e. The standard InChI is InChI=1S/C12H20O2/c1-11(2,8-13)10-4-6-12(3,9-14)7-5-10/h8-10H,4-7H2,1-3H3. The highest BCUT2D eigenvalue weighted by molar-refractivity contribution is 5.60.